The van der Waals surface area contributed by atoms with Crippen LogP contribution in [-0.4, -0.2) is 11.7 Å². The Morgan fingerprint density at radius 1 is 1.17 bits per heavy atom. The first-order valence-electron chi connectivity index (χ1n) is 6.70. The van der Waals surface area contributed by atoms with Gasteiger partial charge in [-0.2, -0.15) is 0 Å². The van der Waals surface area contributed by atoms with Gasteiger partial charge >= 0.3 is 0 Å². The summed E-state index contributed by atoms with van der Waals surface area (Å²) >= 11 is 0. The van der Waals surface area contributed by atoms with E-state index in [1.54, 1.807) is 0 Å². The van der Waals surface area contributed by atoms with Crippen molar-refractivity contribution < 1.29 is 5.11 Å². The molecular weight excluding hydrogens is 222 g/mol. The van der Waals surface area contributed by atoms with Crippen LogP contribution in [0.5, 0.6) is 0 Å². The Labute approximate surface area is 111 Å². The smallest absolute Gasteiger partial charge is 0.0431 e. The van der Waals surface area contributed by atoms with E-state index in [2.05, 4.69) is 52.8 Å². The number of rotatable bonds is 4. The van der Waals surface area contributed by atoms with Crippen molar-refractivity contribution in [3.63, 3.8) is 0 Å². The highest BCUT2D eigenvalue weighted by Crippen LogP contribution is 2.31. The Kier molecular flexibility index (Phi) is 4.57. The molecule has 1 aromatic carbocycles. The van der Waals surface area contributed by atoms with E-state index in [0.29, 0.717) is 0 Å². The summed E-state index contributed by atoms with van der Waals surface area (Å²) in [6.07, 6.45) is 1.55. The van der Waals surface area contributed by atoms with Crippen LogP contribution in [0.4, 0.5) is 0 Å². The first-order valence-corrected chi connectivity index (χ1v) is 6.70. The van der Waals surface area contributed by atoms with Gasteiger partial charge in [-0.25, -0.2) is 0 Å². The van der Waals surface area contributed by atoms with Crippen LogP contribution in [0.3, 0.4) is 0 Å². The van der Waals surface area contributed by atoms with E-state index in [1.807, 2.05) is 0 Å². The molecule has 0 aliphatic rings. The molecule has 0 heterocycles. The maximum Gasteiger partial charge on any atom is 0.0431 e. The highest BCUT2D eigenvalue weighted by Gasteiger charge is 2.24. The van der Waals surface area contributed by atoms with E-state index in [-0.39, 0.29) is 17.6 Å². The van der Waals surface area contributed by atoms with E-state index in [4.69, 9.17) is 10.8 Å². The lowest BCUT2D eigenvalue weighted by Crippen LogP contribution is -2.34. The number of benzene rings is 1. The molecule has 1 aromatic rings. The molecule has 0 saturated heterocycles. The van der Waals surface area contributed by atoms with E-state index in [1.165, 1.54) is 16.7 Å². The summed E-state index contributed by atoms with van der Waals surface area (Å²) in [5, 5.41) is 8.97. The molecule has 0 bridgehead atoms. The molecule has 0 aliphatic heterocycles. The molecule has 0 saturated carbocycles. The predicted molar refractivity (Wildman–Crippen MR) is 77.7 cm³/mol. The zero-order valence-electron chi connectivity index (χ0n) is 12.4. The number of aryl methyl sites for hydroxylation is 1. The number of aliphatic hydroxyl groups excluding tert-OH is 1. The largest absolute Gasteiger partial charge is 0.396 e. The van der Waals surface area contributed by atoms with Crippen LogP contribution in [0, 0.1) is 6.92 Å². The Morgan fingerprint density at radius 2 is 1.78 bits per heavy atom. The van der Waals surface area contributed by atoms with Crippen molar-refractivity contribution in [1.29, 1.82) is 0 Å². The molecule has 18 heavy (non-hydrogen) atoms. The molecule has 1 unspecified atom stereocenters. The molecule has 0 spiro atoms. The third kappa shape index (κ3) is 3.56. The highest BCUT2D eigenvalue weighted by molar-refractivity contribution is 5.38. The predicted octanol–water partition coefficient (Wildman–Crippen LogP) is 3.24. The van der Waals surface area contributed by atoms with Crippen molar-refractivity contribution in [1.82, 2.24) is 0 Å². The molecule has 2 nitrogen and oxygen atoms in total. The van der Waals surface area contributed by atoms with Crippen LogP contribution in [0.25, 0.3) is 0 Å². The quantitative estimate of drug-likeness (QED) is 0.860. The Balaban J connectivity index is 3.15. The molecule has 0 amide bonds. The van der Waals surface area contributed by atoms with E-state index in [9.17, 15) is 0 Å². The fourth-order valence-corrected chi connectivity index (χ4v) is 2.28. The zero-order valence-corrected chi connectivity index (χ0v) is 12.4. The maximum atomic E-state index is 8.97. The summed E-state index contributed by atoms with van der Waals surface area (Å²) in [4.78, 5) is 0. The van der Waals surface area contributed by atoms with E-state index < -0.39 is 0 Å². The van der Waals surface area contributed by atoms with Gasteiger partial charge in [0.25, 0.3) is 0 Å². The Bertz CT molecular complexity index is 402. The van der Waals surface area contributed by atoms with Crippen molar-refractivity contribution in [2.75, 3.05) is 6.61 Å². The van der Waals surface area contributed by atoms with Gasteiger partial charge in [-0.05, 0) is 48.8 Å². The molecule has 0 fully saturated rings. The van der Waals surface area contributed by atoms with E-state index in [0.717, 1.165) is 12.8 Å². The number of hydrogen-bond donors (Lipinski definition) is 2. The zero-order chi connectivity index (χ0) is 14.0. The second kappa shape index (κ2) is 5.41. The van der Waals surface area contributed by atoms with Crippen LogP contribution < -0.4 is 5.73 Å². The SMILES string of the molecule is Cc1ccc(C(C)(C)C)cc1C(C)(N)CCCO. The molecule has 3 N–H and O–H groups in total. The van der Waals surface area contributed by atoms with Crippen molar-refractivity contribution in [3.05, 3.63) is 34.9 Å². The maximum absolute atomic E-state index is 8.97. The molecular formula is C16H27NO. The van der Waals surface area contributed by atoms with Gasteiger partial charge in [0.15, 0.2) is 0 Å². The summed E-state index contributed by atoms with van der Waals surface area (Å²) in [5.74, 6) is 0. The van der Waals surface area contributed by atoms with Crippen molar-refractivity contribution >= 4 is 0 Å². The topological polar surface area (TPSA) is 46.2 Å². The monoisotopic (exact) mass is 249 g/mol. The third-order valence-corrected chi connectivity index (χ3v) is 3.57. The number of nitrogens with two attached hydrogens (primary N) is 1. The van der Waals surface area contributed by atoms with Gasteiger partial charge in [0, 0.05) is 12.1 Å². The number of hydrogen-bond acceptors (Lipinski definition) is 2. The summed E-state index contributed by atoms with van der Waals surface area (Å²) in [7, 11) is 0. The minimum atomic E-state index is -0.367. The molecule has 0 radical (unpaired) electrons. The van der Waals surface area contributed by atoms with Gasteiger partial charge in [-0.3, -0.25) is 0 Å². The third-order valence-electron chi connectivity index (χ3n) is 3.57. The van der Waals surface area contributed by atoms with Crippen molar-refractivity contribution in [2.45, 2.75) is 58.4 Å². The second-order valence-electron chi connectivity index (χ2n) is 6.52. The average Bonchev–Trinajstić information content (AvgIpc) is 2.25. The van der Waals surface area contributed by atoms with Crippen LogP contribution in [0.1, 0.15) is 57.2 Å². The highest BCUT2D eigenvalue weighted by atomic mass is 16.2. The van der Waals surface area contributed by atoms with Gasteiger partial charge in [0.05, 0.1) is 0 Å². The van der Waals surface area contributed by atoms with Crippen LogP contribution in [-0.2, 0) is 11.0 Å². The lowest BCUT2D eigenvalue weighted by Gasteiger charge is -2.29. The Hall–Kier alpha value is -0.860. The first-order chi connectivity index (χ1) is 8.18. The normalized spacial score (nSPS) is 15.5. The fourth-order valence-electron chi connectivity index (χ4n) is 2.28. The molecule has 0 aliphatic carbocycles. The molecule has 102 valence electrons. The van der Waals surface area contributed by atoms with E-state index >= 15 is 0 Å². The van der Waals surface area contributed by atoms with Crippen molar-refractivity contribution in [3.8, 4) is 0 Å². The minimum absolute atomic E-state index is 0.134. The molecule has 0 aromatic heterocycles. The first kappa shape index (κ1) is 15.2. The average molecular weight is 249 g/mol. The number of aliphatic hydroxyl groups is 1. The van der Waals surface area contributed by atoms with Crippen LogP contribution in [0.2, 0.25) is 0 Å². The molecule has 1 atom stereocenters. The second-order valence-corrected chi connectivity index (χ2v) is 6.52. The van der Waals surface area contributed by atoms with Gasteiger partial charge in [-0.15, -0.1) is 0 Å². The summed E-state index contributed by atoms with van der Waals surface area (Å²) in [5.41, 5.74) is 9.93. The van der Waals surface area contributed by atoms with Gasteiger partial charge < -0.3 is 10.8 Å². The molecule has 2 heteroatoms. The Morgan fingerprint density at radius 3 is 2.28 bits per heavy atom. The lowest BCUT2D eigenvalue weighted by atomic mass is 9.80. The summed E-state index contributed by atoms with van der Waals surface area (Å²) in [6.45, 7) is 11.0. The van der Waals surface area contributed by atoms with Gasteiger partial charge in [0.1, 0.15) is 0 Å². The summed E-state index contributed by atoms with van der Waals surface area (Å²) < 4.78 is 0. The fraction of sp³-hybridized carbons (Fsp3) is 0.625. The van der Waals surface area contributed by atoms with Gasteiger partial charge in [-0.1, -0.05) is 39.0 Å². The van der Waals surface area contributed by atoms with Crippen molar-refractivity contribution in [2.24, 2.45) is 5.73 Å². The standard InChI is InChI=1S/C16H27NO/c1-12-7-8-13(15(2,3)4)11-14(12)16(5,17)9-6-10-18/h7-8,11,18H,6,9-10,17H2,1-5H3. The van der Waals surface area contributed by atoms with Crippen LogP contribution in [0.15, 0.2) is 18.2 Å². The lowest BCUT2D eigenvalue weighted by molar-refractivity contribution is 0.265. The minimum Gasteiger partial charge on any atom is -0.396 e. The molecule has 1 rings (SSSR count). The van der Waals surface area contributed by atoms with Gasteiger partial charge in [0.2, 0.25) is 0 Å². The summed E-state index contributed by atoms with van der Waals surface area (Å²) in [6, 6.07) is 6.56. The van der Waals surface area contributed by atoms with Crippen LogP contribution >= 0.6 is 0 Å².